The van der Waals surface area contributed by atoms with Crippen molar-refractivity contribution >= 4 is 44.2 Å². The van der Waals surface area contributed by atoms with Crippen LogP contribution >= 0.6 is 27.5 Å². The Morgan fingerprint density at radius 1 is 1.24 bits per heavy atom. The number of nitrogens with one attached hydrogen (secondary N) is 1. The molecule has 3 aromatic rings. The summed E-state index contributed by atoms with van der Waals surface area (Å²) in [5.74, 6) is -0.213. The topological polar surface area (TPSA) is 56.6 Å². The third-order valence-electron chi connectivity index (χ3n) is 3.24. The maximum atomic E-state index is 12.7. The summed E-state index contributed by atoms with van der Waals surface area (Å²) < 4.78 is 0.774. The molecule has 3 rings (SSSR count). The molecular formula is C16H8BrClN2O. The van der Waals surface area contributed by atoms with E-state index in [2.05, 4.69) is 27.0 Å². The van der Waals surface area contributed by atoms with Gasteiger partial charge in [-0.05, 0) is 30.3 Å². The summed E-state index contributed by atoms with van der Waals surface area (Å²) in [5, 5.41) is 10.2. The van der Waals surface area contributed by atoms with Gasteiger partial charge >= 0.3 is 0 Å². The van der Waals surface area contributed by atoms with E-state index < -0.39 is 0 Å². The van der Waals surface area contributed by atoms with Gasteiger partial charge < -0.3 is 4.98 Å². The summed E-state index contributed by atoms with van der Waals surface area (Å²) in [7, 11) is 0. The molecule has 0 spiro atoms. The van der Waals surface area contributed by atoms with Crippen molar-refractivity contribution in [2.45, 2.75) is 0 Å². The lowest BCUT2D eigenvalue weighted by molar-refractivity contribution is 0.104. The maximum Gasteiger partial charge on any atom is 0.196 e. The van der Waals surface area contributed by atoms with E-state index in [1.54, 1.807) is 36.5 Å². The van der Waals surface area contributed by atoms with Gasteiger partial charge in [-0.1, -0.05) is 33.6 Å². The van der Waals surface area contributed by atoms with Gasteiger partial charge in [0.25, 0.3) is 0 Å². The predicted octanol–water partition coefficient (Wildman–Crippen LogP) is 4.69. The Hall–Kier alpha value is -2.09. The standard InChI is InChI=1S/C16H8BrClN2O/c17-10-4-5-13(18)11(6-10)16(21)12-8-20-14-3-1-2-9(7-19)15(12)14/h1-6,8,20H. The molecule has 1 N–H and O–H groups in total. The van der Waals surface area contributed by atoms with Crippen LogP contribution in [0, 0.1) is 11.3 Å². The zero-order valence-electron chi connectivity index (χ0n) is 10.7. The van der Waals surface area contributed by atoms with Crippen LogP contribution in [-0.2, 0) is 0 Å². The second-order valence-corrected chi connectivity index (χ2v) is 5.82. The average molecular weight is 360 g/mol. The zero-order valence-corrected chi connectivity index (χ0v) is 13.0. The number of nitriles is 1. The first-order valence-corrected chi connectivity index (χ1v) is 7.29. The molecule has 0 amide bonds. The molecule has 0 saturated heterocycles. The molecule has 3 nitrogen and oxygen atoms in total. The van der Waals surface area contributed by atoms with E-state index in [0.717, 1.165) is 9.99 Å². The Labute approximate surface area is 134 Å². The monoisotopic (exact) mass is 358 g/mol. The van der Waals surface area contributed by atoms with Crippen molar-refractivity contribution in [3.63, 3.8) is 0 Å². The van der Waals surface area contributed by atoms with Crippen molar-refractivity contribution in [3.8, 4) is 6.07 Å². The van der Waals surface area contributed by atoms with Crippen molar-refractivity contribution in [3.05, 3.63) is 68.8 Å². The van der Waals surface area contributed by atoms with E-state index in [-0.39, 0.29) is 5.78 Å². The largest absolute Gasteiger partial charge is 0.360 e. The van der Waals surface area contributed by atoms with E-state index >= 15 is 0 Å². The summed E-state index contributed by atoms with van der Waals surface area (Å²) in [6.07, 6.45) is 1.62. The summed E-state index contributed by atoms with van der Waals surface area (Å²) in [5.41, 5.74) is 2.06. The van der Waals surface area contributed by atoms with Gasteiger partial charge in [0.05, 0.1) is 16.7 Å². The molecule has 0 saturated carbocycles. The van der Waals surface area contributed by atoms with Crippen LogP contribution in [0.3, 0.4) is 0 Å². The molecule has 0 atom stereocenters. The number of nitrogens with zero attached hydrogens (tertiary/aromatic N) is 1. The quantitative estimate of drug-likeness (QED) is 0.675. The highest BCUT2D eigenvalue weighted by atomic mass is 79.9. The molecular weight excluding hydrogens is 352 g/mol. The SMILES string of the molecule is N#Cc1cccc2[nH]cc(C(=O)c3cc(Br)ccc3Cl)c12. The van der Waals surface area contributed by atoms with Crippen LogP contribution < -0.4 is 0 Å². The summed E-state index contributed by atoms with van der Waals surface area (Å²) >= 11 is 9.45. The maximum absolute atomic E-state index is 12.7. The van der Waals surface area contributed by atoms with Gasteiger partial charge in [0, 0.05) is 32.7 Å². The van der Waals surface area contributed by atoms with E-state index in [0.29, 0.717) is 27.1 Å². The van der Waals surface area contributed by atoms with E-state index in [4.69, 9.17) is 11.6 Å². The first-order valence-electron chi connectivity index (χ1n) is 6.12. The van der Waals surface area contributed by atoms with Crippen LogP contribution in [0.25, 0.3) is 10.9 Å². The van der Waals surface area contributed by atoms with Gasteiger partial charge in [0.1, 0.15) is 0 Å². The highest BCUT2D eigenvalue weighted by Crippen LogP contribution is 2.28. The number of halogens is 2. The van der Waals surface area contributed by atoms with Crippen molar-refractivity contribution in [1.29, 1.82) is 5.26 Å². The first kappa shape index (κ1) is 13.9. The smallest absolute Gasteiger partial charge is 0.196 e. The molecule has 5 heteroatoms. The zero-order chi connectivity index (χ0) is 15.0. The van der Waals surface area contributed by atoms with E-state index in [1.165, 1.54) is 0 Å². The van der Waals surface area contributed by atoms with Gasteiger partial charge in [0.15, 0.2) is 5.78 Å². The third-order valence-corrected chi connectivity index (χ3v) is 4.07. The molecule has 0 bridgehead atoms. The minimum absolute atomic E-state index is 0.213. The summed E-state index contributed by atoms with van der Waals surface area (Å²) in [6, 6.07) is 12.5. The summed E-state index contributed by atoms with van der Waals surface area (Å²) in [4.78, 5) is 15.7. The number of rotatable bonds is 2. The van der Waals surface area contributed by atoms with Gasteiger partial charge in [-0.3, -0.25) is 4.79 Å². The lowest BCUT2D eigenvalue weighted by atomic mass is 10.00. The Kier molecular flexibility index (Phi) is 3.54. The molecule has 2 aromatic carbocycles. The molecule has 0 radical (unpaired) electrons. The van der Waals surface area contributed by atoms with Gasteiger partial charge in [-0.15, -0.1) is 0 Å². The molecule has 102 valence electrons. The van der Waals surface area contributed by atoms with Crippen molar-refractivity contribution in [1.82, 2.24) is 4.98 Å². The number of H-pyrrole nitrogens is 1. The molecule has 1 heterocycles. The van der Waals surface area contributed by atoms with Gasteiger partial charge in [-0.2, -0.15) is 5.26 Å². The van der Waals surface area contributed by atoms with Gasteiger partial charge in [0.2, 0.25) is 0 Å². The number of aromatic nitrogens is 1. The molecule has 0 aliphatic carbocycles. The minimum atomic E-state index is -0.213. The lowest BCUT2D eigenvalue weighted by Gasteiger charge is -2.04. The third kappa shape index (κ3) is 2.35. The van der Waals surface area contributed by atoms with Crippen molar-refractivity contribution < 1.29 is 4.79 Å². The fourth-order valence-electron chi connectivity index (χ4n) is 2.27. The van der Waals surface area contributed by atoms with Crippen LogP contribution in [0.2, 0.25) is 5.02 Å². The minimum Gasteiger partial charge on any atom is -0.360 e. The number of aromatic amines is 1. The highest BCUT2D eigenvalue weighted by molar-refractivity contribution is 9.10. The lowest BCUT2D eigenvalue weighted by Crippen LogP contribution is -2.02. The molecule has 0 aliphatic rings. The first-order chi connectivity index (χ1) is 10.1. The average Bonchev–Trinajstić information content (AvgIpc) is 2.93. The molecule has 21 heavy (non-hydrogen) atoms. The Morgan fingerprint density at radius 2 is 2.05 bits per heavy atom. The van der Waals surface area contributed by atoms with E-state index in [1.807, 2.05) is 6.07 Å². The predicted molar refractivity (Wildman–Crippen MR) is 85.6 cm³/mol. The van der Waals surface area contributed by atoms with Crippen LogP contribution in [0.5, 0.6) is 0 Å². The number of hydrogen-bond donors (Lipinski definition) is 1. The van der Waals surface area contributed by atoms with Crippen molar-refractivity contribution in [2.75, 3.05) is 0 Å². The number of ketones is 1. The number of hydrogen-bond acceptors (Lipinski definition) is 2. The van der Waals surface area contributed by atoms with Crippen LogP contribution in [0.4, 0.5) is 0 Å². The fraction of sp³-hybridized carbons (Fsp3) is 0. The molecule has 0 aliphatic heterocycles. The second kappa shape index (κ2) is 5.36. The highest BCUT2D eigenvalue weighted by Gasteiger charge is 2.19. The number of fused-ring (bicyclic) bond motifs is 1. The fourth-order valence-corrected chi connectivity index (χ4v) is 2.84. The molecule has 1 aromatic heterocycles. The number of carbonyl (C=O) groups excluding carboxylic acids is 1. The number of carbonyl (C=O) groups is 1. The van der Waals surface area contributed by atoms with E-state index in [9.17, 15) is 10.1 Å². The van der Waals surface area contributed by atoms with Crippen LogP contribution in [0.1, 0.15) is 21.5 Å². The van der Waals surface area contributed by atoms with Crippen LogP contribution in [0.15, 0.2) is 47.1 Å². The summed E-state index contributed by atoms with van der Waals surface area (Å²) in [6.45, 7) is 0. The molecule has 0 fully saturated rings. The Bertz CT molecular complexity index is 908. The van der Waals surface area contributed by atoms with Crippen molar-refractivity contribution in [2.24, 2.45) is 0 Å². The number of benzene rings is 2. The second-order valence-electron chi connectivity index (χ2n) is 4.50. The van der Waals surface area contributed by atoms with Crippen LogP contribution in [-0.4, -0.2) is 10.8 Å². The Balaban J connectivity index is 2.24. The van der Waals surface area contributed by atoms with Gasteiger partial charge in [-0.25, -0.2) is 0 Å². The normalized spacial score (nSPS) is 10.5. The Morgan fingerprint density at radius 3 is 2.81 bits per heavy atom. The molecule has 0 unspecified atom stereocenters.